The molecular weight excluding hydrogens is 250 g/mol. The molecule has 0 spiro atoms. The zero-order chi connectivity index (χ0) is 13.8. The summed E-state index contributed by atoms with van der Waals surface area (Å²) in [5.74, 6) is -1.39. The summed E-state index contributed by atoms with van der Waals surface area (Å²) in [6.07, 6.45) is -1.06. The lowest BCUT2D eigenvalue weighted by molar-refractivity contribution is 0.211. The lowest BCUT2D eigenvalue weighted by atomic mass is 10.0. The van der Waals surface area contributed by atoms with E-state index in [0.29, 0.717) is 17.9 Å². The number of ether oxygens (including phenoxy) is 1. The Kier molecular flexibility index (Phi) is 4.12. The van der Waals surface area contributed by atoms with Gasteiger partial charge in [-0.15, -0.1) is 0 Å². The van der Waals surface area contributed by atoms with Crippen molar-refractivity contribution in [3.05, 3.63) is 65.2 Å². The predicted octanol–water partition coefficient (Wildman–Crippen LogP) is 3.45. The summed E-state index contributed by atoms with van der Waals surface area (Å²) < 4.78 is 31.5. The van der Waals surface area contributed by atoms with Crippen LogP contribution < -0.4 is 4.74 Å². The Hall–Kier alpha value is -1.94. The molecule has 0 fully saturated rings. The van der Waals surface area contributed by atoms with Gasteiger partial charge in [0.15, 0.2) is 11.6 Å². The van der Waals surface area contributed by atoms with Gasteiger partial charge in [0.25, 0.3) is 0 Å². The van der Waals surface area contributed by atoms with E-state index in [4.69, 9.17) is 4.74 Å². The highest BCUT2D eigenvalue weighted by atomic mass is 19.2. The Morgan fingerprint density at radius 1 is 1.11 bits per heavy atom. The van der Waals surface area contributed by atoms with Gasteiger partial charge in [-0.1, -0.05) is 24.3 Å². The number of rotatable bonds is 4. The molecule has 0 saturated heterocycles. The van der Waals surface area contributed by atoms with Gasteiger partial charge in [0.05, 0.1) is 6.61 Å². The lowest BCUT2D eigenvalue weighted by Crippen LogP contribution is -2.04. The zero-order valence-corrected chi connectivity index (χ0v) is 10.4. The highest BCUT2D eigenvalue weighted by Gasteiger charge is 2.16. The highest BCUT2D eigenvalue weighted by molar-refractivity contribution is 5.40. The molecule has 0 saturated carbocycles. The van der Waals surface area contributed by atoms with Crippen molar-refractivity contribution < 1.29 is 18.6 Å². The molecule has 2 nitrogen and oxygen atoms in total. The van der Waals surface area contributed by atoms with Crippen LogP contribution in [0.3, 0.4) is 0 Å². The van der Waals surface area contributed by atoms with Crippen LogP contribution in [0.2, 0.25) is 0 Å². The molecule has 0 amide bonds. The van der Waals surface area contributed by atoms with Gasteiger partial charge in [0.1, 0.15) is 11.9 Å². The third kappa shape index (κ3) is 2.90. The average molecular weight is 264 g/mol. The first-order chi connectivity index (χ1) is 9.13. The van der Waals surface area contributed by atoms with E-state index in [-0.39, 0.29) is 5.56 Å². The van der Waals surface area contributed by atoms with E-state index in [1.807, 2.05) is 6.92 Å². The first kappa shape index (κ1) is 13.5. The molecule has 0 aliphatic heterocycles. The minimum Gasteiger partial charge on any atom is -0.493 e. The molecule has 0 radical (unpaired) electrons. The molecule has 0 aliphatic carbocycles. The van der Waals surface area contributed by atoms with Gasteiger partial charge in [-0.25, -0.2) is 8.78 Å². The largest absolute Gasteiger partial charge is 0.493 e. The van der Waals surface area contributed by atoms with Crippen LogP contribution in [0.25, 0.3) is 0 Å². The second kappa shape index (κ2) is 5.80. The molecule has 19 heavy (non-hydrogen) atoms. The topological polar surface area (TPSA) is 29.5 Å². The van der Waals surface area contributed by atoms with Crippen LogP contribution in [0, 0.1) is 11.6 Å². The maximum Gasteiger partial charge on any atom is 0.159 e. The van der Waals surface area contributed by atoms with Crippen LogP contribution in [-0.2, 0) is 0 Å². The van der Waals surface area contributed by atoms with Gasteiger partial charge in [0.2, 0.25) is 0 Å². The van der Waals surface area contributed by atoms with E-state index >= 15 is 0 Å². The Labute approximate surface area is 110 Å². The SMILES string of the molecule is CCOc1ccccc1C(O)c1ccc(F)c(F)c1. The number of aliphatic hydroxyl groups excluding tert-OH is 1. The van der Waals surface area contributed by atoms with E-state index in [9.17, 15) is 13.9 Å². The quantitative estimate of drug-likeness (QED) is 0.916. The van der Waals surface area contributed by atoms with Crippen LogP contribution in [0.4, 0.5) is 8.78 Å². The lowest BCUT2D eigenvalue weighted by Gasteiger charge is -2.16. The van der Waals surface area contributed by atoms with Crippen molar-refractivity contribution in [1.29, 1.82) is 0 Å². The summed E-state index contributed by atoms with van der Waals surface area (Å²) in [5.41, 5.74) is 0.807. The second-order valence-electron chi connectivity index (χ2n) is 4.05. The molecule has 0 aliphatic rings. The minimum absolute atomic E-state index is 0.283. The normalized spacial score (nSPS) is 12.2. The van der Waals surface area contributed by atoms with Gasteiger partial charge >= 0.3 is 0 Å². The van der Waals surface area contributed by atoms with E-state index in [0.717, 1.165) is 12.1 Å². The summed E-state index contributed by atoms with van der Waals surface area (Å²) in [7, 11) is 0. The maximum absolute atomic E-state index is 13.2. The molecule has 2 aromatic carbocycles. The summed E-state index contributed by atoms with van der Waals surface area (Å²) in [5, 5.41) is 10.2. The Morgan fingerprint density at radius 2 is 1.84 bits per heavy atom. The molecule has 4 heteroatoms. The maximum atomic E-state index is 13.2. The average Bonchev–Trinajstić information content (AvgIpc) is 2.42. The first-order valence-corrected chi connectivity index (χ1v) is 5.98. The fraction of sp³-hybridized carbons (Fsp3) is 0.200. The molecule has 0 heterocycles. The molecular formula is C15H14F2O2. The Bertz CT molecular complexity index is 570. The summed E-state index contributed by atoms with van der Waals surface area (Å²) in [6.45, 7) is 2.29. The third-order valence-electron chi connectivity index (χ3n) is 2.77. The van der Waals surface area contributed by atoms with Crippen molar-refractivity contribution in [3.8, 4) is 5.75 Å². The fourth-order valence-electron chi connectivity index (χ4n) is 1.86. The van der Waals surface area contributed by atoms with Crippen molar-refractivity contribution >= 4 is 0 Å². The van der Waals surface area contributed by atoms with Crippen LogP contribution in [0.1, 0.15) is 24.2 Å². The fourth-order valence-corrected chi connectivity index (χ4v) is 1.86. The number of halogens is 2. The number of para-hydroxylation sites is 1. The summed E-state index contributed by atoms with van der Waals surface area (Å²) >= 11 is 0. The molecule has 100 valence electrons. The Morgan fingerprint density at radius 3 is 2.53 bits per heavy atom. The molecule has 2 aromatic rings. The molecule has 1 unspecified atom stereocenters. The van der Waals surface area contributed by atoms with E-state index in [2.05, 4.69) is 0 Å². The smallest absolute Gasteiger partial charge is 0.159 e. The molecule has 0 aromatic heterocycles. The number of benzene rings is 2. The predicted molar refractivity (Wildman–Crippen MR) is 68.0 cm³/mol. The zero-order valence-electron chi connectivity index (χ0n) is 10.4. The van der Waals surface area contributed by atoms with E-state index < -0.39 is 17.7 Å². The van der Waals surface area contributed by atoms with Gasteiger partial charge in [-0.3, -0.25) is 0 Å². The van der Waals surface area contributed by atoms with Crippen LogP contribution >= 0.6 is 0 Å². The molecule has 0 bridgehead atoms. The van der Waals surface area contributed by atoms with Gasteiger partial charge in [-0.05, 0) is 30.7 Å². The number of hydrogen-bond acceptors (Lipinski definition) is 2. The number of hydrogen-bond donors (Lipinski definition) is 1. The number of aliphatic hydroxyl groups is 1. The minimum atomic E-state index is -1.06. The monoisotopic (exact) mass is 264 g/mol. The van der Waals surface area contributed by atoms with Crippen LogP contribution in [-0.4, -0.2) is 11.7 Å². The third-order valence-corrected chi connectivity index (χ3v) is 2.77. The van der Waals surface area contributed by atoms with Gasteiger partial charge < -0.3 is 9.84 Å². The summed E-state index contributed by atoms with van der Waals surface area (Å²) in [6, 6.07) is 10.3. The van der Waals surface area contributed by atoms with Crippen molar-refractivity contribution in [1.82, 2.24) is 0 Å². The van der Waals surface area contributed by atoms with E-state index in [1.54, 1.807) is 24.3 Å². The van der Waals surface area contributed by atoms with Crippen molar-refractivity contribution in [2.75, 3.05) is 6.61 Å². The van der Waals surface area contributed by atoms with Gasteiger partial charge in [0, 0.05) is 5.56 Å². The second-order valence-corrected chi connectivity index (χ2v) is 4.05. The first-order valence-electron chi connectivity index (χ1n) is 5.98. The Balaban J connectivity index is 2.37. The van der Waals surface area contributed by atoms with E-state index in [1.165, 1.54) is 6.07 Å². The highest BCUT2D eigenvalue weighted by Crippen LogP contribution is 2.30. The molecule has 1 atom stereocenters. The van der Waals surface area contributed by atoms with Crippen molar-refractivity contribution in [2.24, 2.45) is 0 Å². The molecule has 1 N–H and O–H groups in total. The van der Waals surface area contributed by atoms with Gasteiger partial charge in [-0.2, -0.15) is 0 Å². The van der Waals surface area contributed by atoms with Crippen molar-refractivity contribution in [2.45, 2.75) is 13.0 Å². The van der Waals surface area contributed by atoms with Crippen molar-refractivity contribution in [3.63, 3.8) is 0 Å². The van der Waals surface area contributed by atoms with Crippen LogP contribution in [0.15, 0.2) is 42.5 Å². The summed E-state index contributed by atoms with van der Waals surface area (Å²) in [4.78, 5) is 0. The standard InChI is InChI=1S/C15H14F2O2/c1-2-19-14-6-4-3-5-11(14)15(18)10-7-8-12(16)13(17)9-10/h3-9,15,18H,2H2,1H3. The van der Waals surface area contributed by atoms with Crippen LogP contribution in [0.5, 0.6) is 5.75 Å². The molecule has 2 rings (SSSR count).